The summed E-state index contributed by atoms with van der Waals surface area (Å²) < 4.78 is 23.2. The second-order valence-corrected chi connectivity index (χ2v) is 9.17. The van der Waals surface area contributed by atoms with Gasteiger partial charge in [0.15, 0.2) is 0 Å². The van der Waals surface area contributed by atoms with Crippen molar-refractivity contribution in [1.29, 1.82) is 0 Å². The van der Waals surface area contributed by atoms with E-state index >= 15 is 0 Å². The topological polar surface area (TPSA) is 52.6 Å². The lowest BCUT2D eigenvalue weighted by molar-refractivity contribution is 0.0473. The third-order valence-corrected chi connectivity index (χ3v) is 5.57. The molecule has 1 atom stereocenters. The first-order valence-electron chi connectivity index (χ1n) is 7.66. The fraction of sp³-hybridized carbons (Fsp3) is 0.588. The van der Waals surface area contributed by atoms with Gasteiger partial charge in [0.2, 0.25) is 0 Å². The highest BCUT2D eigenvalue weighted by molar-refractivity contribution is 7.46. The van der Waals surface area contributed by atoms with Crippen LogP contribution in [0.15, 0.2) is 30.3 Å². The van der Waals surface area contributed by atoms with Crippen LogP contribution in [0.3, 0.4) is 0 Å². The van der Waals surface area contributed by atoms with Crippen LogP contribution in [-0.2, 0) is 14.0 Å². The average molecular weight is 326 g/mol. The van der Waals surface area contributed by atoms with Crippen molar-refractivity contribution in [2.24, 2.45) is 5.92 Å². The molecule has 0 aliphatic heterocycles. The zero-order valence-electron chi connectivity index (χ0n) is 13.9. The van der Waals surface area contributed by atoms with E-state index in [9.17, 15) is 9.36 Å². The average Bonchev–Trinajstić information content (AvgIpc) is 2.49. The highest BCUT2D eigenvalue weighted by atomic mass is 31.1. The van der Waals surface area contributed by atoms with Crippen LogP contribution >= 0.6 is 7.80 Å². The minimum Gasteiger partial charge on any atom is -0.461 e. The van der Waals surface area contributed by atoms with Gasteiger partial charge in [0.1, 0.15) is 6.61 Å². The molecule has 0 bridgehead atoms. The first-order chi connectivity index (χ1) is 10.3. The molecule has 0 spiro atoms. The Morgan fingerprint density at radius 2 is 1.86 bits per heavy atom. The van der Waals surface area contributed by atoms with E-state index < -0.39 is 13.0 Å². The molecule has 0 radical (unpaired) electrons. The molecule has 124 valence electrons. The van der Waals surface area contributed by atoms with Crippen LogP contribution in [0.25, 0.3) is 0 Å². The SMILES string of the molecule is CC(C)COCC[PH](=O)C(C)(C)COC(=O)c1ccccc1. The molecular formula is C17H27O4P. The fourth-order valence-electron chi connectivity index (χ4n) is 1.81. The van der Waals surface area contributed by atoms with Crippen molar-refractivity contribution in [3.63, 3.8) is 0 Å². The molecule has 0 saturated heterocycles. The molecule has 1 aromatic rings. The minimum absolute atomic E-state index is 0.155. The largest absolute Gasteiger partial charge is 0.461 e. The van der Waals surface area contributed by atoms with Crippen LogP contribution in [0.4, 0.5) is 0 Å². The van der Waals surface area contributed by atoms with Gasteiger partial charge < -0.3 is 14.0 Å². The summed E-state index contributed by atoms with van der Waals surface area (Å²) in [6.45, 7) is 9.23. The molecule has 0 heterocycles. The Hall–Kier alpha value is -1.12. The van der Waals surface area contributed by atoms with E-state index in [1.54, 1.807) is 24.3 Å². The van der Waals surface area contributed by atoms with Crippen molar-refractivity contribution in [3.8, 4) is 0 Å². The van der Waals surface area contributed by atoms with E-state index in [1.165, 1.54) is 0 Å². The summed E-state index contributed by atoms with van der Waals surface area (Å²) in [5.74, 6) is 0.0988. The highest BCUT2D eigenvalue weighted by Gasteiger charge is 2.27. The predicted octanol–water partition coefficient (Wildman–Crippen LogP) is 3.85. The van der Waals surface area contributed by atoms with Gasteiger partial charge in [-0.2, -0.15) is 0 Å². The van der Waals surface area contributed by atoms with E-state index in [4.69, 9.17) is 9.47 Å². The van der Waals surface area contributed by atoms with Crippen LogP contribution in [0, 0.1) is 5.92 Å². The van der Waals surface area contributed by atoms with E-state index in [1.807, 2.05) is 19.9 Å². The molecule has 1 aromatic carbocycles. The van der Waals surface area contributed by atoms with Crippen molar-refractivity contribution >= 4 is 13.8 Å². The lowest BCUT2D eigenvalue weighted by Crippen LogP contribution is -2.26. The van der Waals surface area contributed by atoms with Crippen molar-refractivity contribution in [1.82, 2.24) is 0 Å². The molecule has 0 saturated carbocycles. The number of ether oxygens (including phenoxy) is 2. The second kappa shape index (κ2) is 9.12. The van der Waals surface area contributed by atoms with Gasteiger partial charge in [0, 0.05) is 17.9 Å². The third-order valence-electron chi connectivity index (χ3n) is 3.25. The van der Waals surface area contributed by atoms with Crippen molar-refractivity contribution in [3.05, 3.63) is 35.9 Å². The smallest absolute Gasteiger partial charge is 0.338 e. The molecule has 0 aliphatic rings. The number of esters is 1. The molecule has 0 aromatic heterocycles. The monoisotopic (exact) mass is 326 g/mol. The molecule has 0 fully saturated rings. The Bertz CT molecular complexity index is 483. The fourth-order valence-corrected chi connectivity index (χ4v) is 3.05. The number of rotatable bonds is 9. The summed E-state index contributed by atoms with van der Waals surface area (Å²) >= 11 is 0. The van der Waals surface area contributed by atoms with Crippen molar-refractivity contribution in [2.75, 3.05) is 26.0 Å². The Balaban J connectivity index is 2.39. The highest BCUT2D eigenvalue weighted by Crippen LogP contribution is 2.38. The summed E-state index contributed by atoms with van der Waals surface area (Å²) in [4.78, 5) is 11.9. The number of hydrogen-bond acceptors (Lipinski definition) is 4. The van der Waals surface area contributed by atoms with Gasteiger partial charge in [0.05, 0.1) is 20.0 Å². The normalized spacial score (nSPS) is 13.1. The maximum atomic E-state index is 12.4. The first-order valence-corrected chi connectivity index (χ1v) is 9.27. The van der Waals surface area contributed by atoms with Gasteiger partial charge in [-0.15, -0.1) is 0 Å². The summed E-state index contributed by atoms with van der Waals surface area (Å²) in [7, 11) is -1.89. The zero-order valence-corrected chi connectivity index (χ0v) is 14.9. The molecule has 1 unspecified atom stereocenters. The maximum Gasteiger partial charge on any atom is 0.338 e. The zero-order chi connectivity index (χ0) is 16.6. The Morgan fingerprint density at radius 1 is 1.23 bits per heavy atom. The maximum absolute atomic E-state index is 12.4. The molecule has 1 rings (SSSR count). The number of carbonyl (C=O) groups is 1. The van der Waals surface area contributed by atoms with Gasteiger partial charge in [0.25, 0.3) is 0 Å². The van der Waals surface area contributed by atoms with E-state index in [-0.39, 0.29) is 12.6 Å². The van der Waals surface area contributed by atoms with Gasteiger partial charge in [-0.05, 0) is 31.9 Å². The first kappa shape index (κ1) is 18.9. The Morgan fingerprint density at radius 3 is 2.45 bits per heavy atom. The molecule has 0 aliphatic carbocycles. The Labute approximate surface area is 134 Å². The second-order valence-electron chi connectivity index (χ2n) is 6.47. The summed E-state index contributed by atoms with van der Waals surface area (Å²) in [5, 5.41) is -0.518. The lowest BCUT2D eigenvalue weighted by atomic mass is 10.2. The molecule has 22 heavy (non-hydrogen) atoms. The van der Waals surface area contributed by atoms with Crippen LogP contribution in [0.5, 0.6) is 0 Å². The predicted molar refractivity (Wildman–Crippen MR) is 90.3 cm³/mol. The molecule has 0 amide bonds. The van der Waals surface area contributed by atoms with Gasteiger partial charge >= 0.3 is 5.97 Å². The third kappa shape index (κ3) is 6.76. The van der Waals surface area contributed by atoms with E-state index in [2.05, 4.69) is 13.8 Å². The minimum atomic E-state index is -1.89. The van der Waals surface area contributed by atoms with Crippen molar-refractivity contribution in [2.45, 2.75) is 32.9 Å². The van der Waals surface area contributed by atoms with Crippen LogP contribution in [0.1, 0.15) is 38.1 Å². The standard InChI is InChI=1S/C17H27O4P/c1-14(2)12-20-10-11-22(19)17(3,4)13-21-16(18)15-8-6-5-7-9-15/h5-9,14,22H,10-13H2,1-4H3. The summed E-state index contributed by atoms with van der Waals surface area (Å²) in [6, 6.07) is 8.83. The number of carbonyl (C=O) groups excluding carboxylic acids is 1. The summed E-state index contributed by atoms with van der Waals surface area (Å²) in [5.41, 5.74) is 0.512. The molecule has 4 nitrogen and oxygen atoms in total. The lowest BCUT2D eigenvalue weighted by Gasteiger charge is -2.24. The molecule has 0 N–H and O–H groups in total. The number of benzene rings is 1. The van der Waals surface area contributed by atoms with Gasteiger partial charge in [-0.25, -0.2) is 4.79 Å². The number of hydrogen-bond donors (Lipinski definition) is 0. The van der Waals surface area contributed by atoms with Crippen molar-refractivity contribution < 1.29 is 18.8 Å². The van der Waals surface area contributed by atoms with Crippen LogP contribution in [-0.4, -0.2) is 37.1 Å². The summed E-state index contributed by atoms with van der Waals surface area (Å²) in [6.07, 6.45) is 0.521. The van der Waals surface area contributed by atoms with E-state index in [0.717, 1.165) is 0 Å². The van der Waals surface area contributed by atoms with Crippen LogP contribution in [0.2, 0.25) is 0 Å². The quantitative estimate of drug-likeness (QED) is 0.393. The Kier molecular flexibility index (Phi) is 7.84. The molecule has 5 heteroatoms. The molecular weight excluding hydrogens is 299 g/mol. The van der Waals surface area contributed by atoms with Crippen LogP contribution < -0.4 is 0 Å². The van der Waals surface area contributed by atoms with Gasteiger partial charge in [-0.1, -0.05) is 32.0 Å². The van der Waals surface area contributed by atoms with Gasteiger partial charge in [-0.3, -0.25) is 0 Å². The van der Waals surface area contributed by atoms with E-state index in [0.29, 0.717) is 30.9 Å².